The van der Waals surface area contributed by atoms with Crippen LogP contribution in [0, 0.1) is 6.92 Å². The fourth-order valence-corrected chi connectivity index (χ4v) is 2.76. The molecule has 2 nitrogen and oxygen atoms in total. The van der Waals surface area contributed by atoms with Gasteiger partial charge in [0.05, 0.1) is 0 Å². The molecule has 114 valence electrons. The molecule has 20 heavy (non-hydrogen) atoms. The number of hydrogen-bond donors (Lipinski definition) is 1. The van der Waals surface area contributed by atoms with Gasteiger partial charge in [-0.3, -0.25) is 4.90 Å². The van der Waals surface area contributed by atoms with Crippen LogP contribution in [-0.2, 0) is 0 Å². The van der Waals surface area contributed by atoms with E-state index in [9.17, 15) is 0 Å². The van der Waals surface area contributed by atoms with Gasteiger partial charge >= 0.3 is 0 Å². The summed E-state index contributed by atoms with van der Waals surface area (Å²) in [5.41, 5.74) is 1.17. The van der Waals surface area contributed by atoms with E-state index >= 15 is 0 Å². The molecule has 0 spiro atoms. The number of benzene rings is 1. The molecular formula is C18H31NO. The van der Waals surface area contributed by atoms with Gasteiger partial charge in [-0.05, 0) is 58.2 Å². The Labute approximate surface area is 124 Å². The molecule has 2 fully saturated rings. The summed E-state index contributed by atoms with van der Waals surface area (Å²) in [5.74, 6) is 0.329. The van der Waals surface area contributed by atoms with Crippen molar-refractivity contribution >= 4 is 0 Å². The Morgan fingerprint density at radius 2 is 1.60 bits per heavy atom. The Bertz CT molecular complexity index is 335. The van der Waals surface area contributed by atoms with E-state index in [1.807, 2.05) is 32.9 Å². The van der Waals surface area contributed by atoms with Gasteiger partial charge in [0.2, 0.25) is 0 Å². The zero-order valence-corrected chi connectivity index (χ0v) is 13.6. The molecule has 1 aromatic carbocycles. The molecule has 0 amide bonds. The molecule has 2 aliphatic rings. The van der Waals surface area contributed by atoms with Gasteiger partial charge in [-0.15, -0.1) is 0 Å². The fourth-order valence-electron chi connectivity index (χ4n) is 2.76. The number of aromatic hydroxyl groups is 1. The van der Waals surface area contributed by atoms with Gasteiger partial charge < -0.3 is 5.11 Å². The normalized spacial score (nSPS) is 22.1. The Morgan fingerprint density at radius 3 is 1.95 bits per heavy atom. The average Bonchev–Trinajstić information content (AvgIpc) is 2.81. The van der Waals surface area contributed by atoms with Gasteiger partial charge in [0.25, 0.3) is 0 Å². The second-order valence-electron chi connectivity index (χ2n) is 5.65. The minimum atomic E-state index is 0.329. The molecule has 0 radical (unpaired) electrons. The number of phenolic OH excluding ortho intramolecular Hbond substituents is 1. The molecule has 1 aromatic rings. The first-order valence-electron chi connectivity index (χ1n) is 8.18. The van der Waals surface area contributed by atoms with Crippen molar-refractivity contribution in [1.82, 2.24) is 4.90 Å². The van der Waals surface area contributed by atoms with E-state index in [1.54, 1.807) is 12.1 Å². The van der Waals surface area contributed by atoms with Gasteiger partial charge in [-0.1, -0.05) is 38.0 Å². The van der Waals surface area contributed by atoms with Crippen LogP contribution >= 0.6 is 0 Å². The average molecular weight is 277 g/mol. The van der Waals surface area contributed by atoms with Crippen LogP contribution in [0.1, 0.15) is 58.4 Å². The first kappa shape index (κ1) is 17.0. The van der Waals surface area contributed by atoms with Crippen molar-refractivity contribution in [2.45, 2.75) is 71.9 Å². The summed E-state index contributed by atoms with van der Waals surface area (Å²) in [7, 11) is 0. The topological polar surface area (TPSA) is 23.5 Å². The van der Waals surface area contributed by atoms with Crippen LogP contribution in [0.2, 0.25) is 0 Å². The number of likely N-dealkylation sites (tertiary alicyclic amines) is 1. The van der Waals surface area contributed by atoms with Gasteiger partial charge in [0.15, 0.2) is 0 Å². The second-order valence-corrected chi connectivity index (χ2v) is 5.65. The first-order valence-corrected chi connectivity index (χ1v) is 8.18. The van der Waals surface area contributed by atoms with Crippen LogP contribution in [0.15, 0.2) is 24.3 Å². The Hall–Kier alpha value is -1.02. The SMILES string of the molecule is CC.CC1CCCN1C1CCC1.Cc1ccc(O)cc1. The van der Waals surface area contributed by atoms with E-state index in [0.29, 0.717) is 5.75 Å². The molecule has 0 bridgehead atoms. The standard InChI is InChI=1S/C9H17N.C7H8O.C2H6/c1-8-4-3-7-10(8)9-5-2-6-9;1-6-2-4-7(8)5-3-6;1-2/h8-9H,2-7H2,1H3;2-5,8H,1H3;1-2H3. The minimum Gasteiger partial charge on any atom is -0.508 e. The van der Waals surface area contributed by atoms with Crippen molar-refractivity contribution in [1.29, 1.82) is 0 Å². The van der Waals surface area contributed by atoms with E-state index in [2.05, 4.69) is 11.8 Å². The zero-order valence-electron chi connectivity index (χ0n) is 13.6. The molecule has 0 aromatic heterocycles. The first-order chi connectivity index (χ1) is 9.66. The third-order valence-electron chi connectivity index (χ3n) is 4.18. The van der Waals surface area contributed by atoms with Crippen LogP contribution in [0.5, 0.6) is 5.75 Å². The number of aryl methyl sites for hydroxylation is 1. The number of hydrogen-bond acceptors (Lipinski definition) is 2. The van der Waals surface area contributed by atoms with E-state index in [-0.39, 0.29) is 0 Å². The summed E-state index contributed by atoms with van der Waals surface area (Å²) in [6.07, 6.45) is 7.32. The zero-order chi connectivity index (χ0) is 15.0. The maximum absolute atomic E-state index is 8.76. The molecule has 1 saturated heterocycles. The van der Waals surface area contributed by atoms with Crippen molar-refractivity contribution in [3.63, 3.8) is 0 Å². The van der Waals surface area contributed by atoms with E-state index < -0.39 is 0 Å². The second kappa shape index (κ2) is 9.02. The molecule has 1 heterocycles. The van der Waals surface area contributed by atoms with Crippen molar-refractivity contribution < 1.29 is 5.11 Å². The van der Waals surface area contributed by atoms with Gasteiger partial charge in [-0.25, -0.2) is 0 Å². The lowest BCUT2D eigenvalue weighted by molar-refractivity contribution is 0.122. The predicted molar refractivity (Wildman–Crippen MR) is 87.2 cm³/mol. The molecule has 1 aliphatic carbocycles. The van der Waals surface area contributed by atoms with Gasteiger partial charge in [0, 0.05) is 12.1 Å². The molecule has 1 N–H and O–H groups in total. The largest absolute Gasteiger partial charge is 0.508 e. The Balaban J connectivity index is 0.000000182. The molecular weight excluding hydrogens is 246 g/mol. The van der Waals surface area contributed by atoms with E-state index in [0.717, 1.165) is 12.1 Å². The van der Waals surface area contributed by atoms with Gasteiger partial charge in [0.1, 0.15) is 5.75 Å². The number of rotatable bonds is 1. The van der Waals surface area contributed by atoms with Crippen LogP contribution in [-0.4, -0.2) is 28.6 Å². The van der Waals surface area contributed by atoms with Crippen molar-refractivity contribution in [3.8, 4) is 5.75 Å². The molecule has 3 rings (SSSR count). The highest BCUT2D eigenvalue weighted by molar-refractivity contribution is 5.24. The summed E-state index contributed by atoms with van der Waals surface area (Å²) in [4.78, 5) is 2.71. The maximum Gasteiger partial charge on any atom is 0.115 e. The summed E-state index contributed by atoms with van der Waals surface area (Å²) in [6, 6.07) is 8.97. The summed E-state index contributed by atoms with van der Waals surface area (Å²) < 4.78 is 0. The smallest absolute Gasteiger partial charge is 0.115 e. The van der Waals surface area contributed by atoms with Crippen LogP contribution < -0.4 is 0 Å². The van der Waals surface area contributed by atoms with E-state index in [4.69, 9.17) is 5.11 Å². The summed E-state index contributed by atoms with van der Waals surface area (Å²) in [5, 5.41) is 8.76. The lowest BCUT2D eigenvalue weighted by Gasteiger charge is -2.37. The molecule has 1 unspecified atom stereocenters. The summed E-state index contributed by atoms with van der Waals surface area (Å²) in [6.45, 7) is 9.75. The van der Waals surface area contributed by atoms with Crippen molar-refractivity contribution in [2.75, 3.05) is 6.54 Å². The Morgan fingerprint density at radius 1 is 1.00 bits per heavy atom. The Kier molecular flexibility index (Phi) is 7.68. The monoisotopic (exact) mass is 277 g/mol. The third-order valence-corrected chi connectivity index (χ3v) is 4.18. The third kappa shape index (κ3) is 5.16. The molecule has 2 heteroatoms. The molecule has 1 saturated carbocycles. The highest BCUT2D eigenvalue weighted by Crippen LogP contribution is 2.30. The van der Waals surface area contributed by atoms with Crippen LogP contribution in [0.25, 0.3) is 0 Å². The maximum atomic E-state index is 8.76. The predicted octanol–water partition coefficient (Wildman–Crippen LogP) is 4.75. The number of phenols is 1. The highest BCUT2D eigenvalue weighted by Gasteiger charge is 2.30. The fraction of sp³-hybridized carbons (Fsp3) is 0.667. The minimum absolute atomic E-state index is 0.329. The number of nitrogens with zero attached hydrogens (tertiary/aromatic N) is 1. The lowest BCUT2D eigenvalue weighted by Crippen LogP contribution is -2.41. The van der Waals surface area contributed by atoms with Crippen LogP contribution in [0.3, 0.4) is 0 Å². The quantitative estimate of drug-likeness (QED) is 0.800. The van der Waals surface area contributed by atoms with Crippen molar-refractivity contribution in [3.05, 3.63) is 29.8 Å². The van der Waals surface area contributed by atoms with E-state index in [1.165, 1.54) is 44.2 Å². The lowest BCUT2D eigenvalue weighted by atomic mass is 9.91. The highest BCUT2D eigenvalue weighted by atomic mass is 16.3. The van der Waals surface area contributed by atoms with Gasteiger partial charge in [-0.2, -0.15) is 0 Å². The molecule has 1 aliphatic heterocycles. The van der Waals surface area contributed by atoms with Crippen LogP contribution in [0.4, 0.5) is 0 Å². The van der Waals surface area contributed by atoms with Crippen molar-refractivity contribution in [2.24, 2.45) is 0 Å². The summed E-state index contributed by atoms with van der Waals surface area (Å²) >= 11 is 0. The molecule has 1 atom stereocenters.